The first-order valence-electron chi connectivity index (χ1n) is 6.95. The summed E-state index contributed by atoms with van der Waals surface area (Å²) >= 11 is 0. The van der Waals surface area contributed by atoms with Crippen LogP contribution in [-0.4, -0.2) is 42.8 Å². The van der Waals surface area contributed by atoms with Crippen LogP contribution >= 0.6 is 0 Å². The molecule has 1 atom stereocenters. The molecule has 0 radical (unpaired) electrons. The first kappa shape index (κ1) is 14.1. The molecule has 19 heavy (non-hydrogen) atoms. The van der Waals surface area contributed by atoms with Crippen LogP contribution in [0.3, 0.4) is 0 Å². The van der Waals surface area contributed by atoms with Crippen LogP contribution in [0.1, 0.15) is 38.1 Å². The van der Waals surface area contributed by atoms with E-state index in [1.165, 1.54) is 0 Å². The highest BCUT2D eigenvalue weighted by atomic mass is 16.5. The van der Waals surface area contributed by atoms with E-state index >= 15 is 0 Å². The highest BCUT2D eigenvalue weighted by Crippen LogP contribution is 2.27. The number of nitrogens with zero attached hydrogens (tertiary/aromatic N) is 3. The van der Waals surface area contributed by atoms with Gasteiger partial charge in [-0.15, -0.1) is 0 Å². The molecule has 0 spiro atoms. The van der Waals surface area contributed by atoms with E-state index in [0.29, 0.717) is 5.92 Å². The van der Waals surface area contributed by atoms with E-state index in [9.17, 15) is 0 Å². The van der Waals surface area contributed by atoms with Crippen molar-refractivity contribution >= 4 is 11.6 Å². The highest BCUT2D eigenvalue weighted by Gasteiger charge is 2.22. The lowest BCUT2D eigenvalue weighted by Gasteiger charge is -2.33. The summed E-state index contributed by atoms with van der Waals surface area (Å²) in [5, 5.41) is 3.17. The minimum absolute atomic E-state index is 0.253. The van der Waals surface area contributed by atoms with Crippen LogP contribution in [0.25, 0.3) is 0 Å². The maximum atomic E-state index is 5.60. The maximum Gasteiger partial charge on any atom is 0.137 e. The van der Waals surface area contributed by atoms with Crippen molar-refractivity contribution < 1.29 is 4.74 Å². The molecule has 0 saturated carbocycles. The van der Waals surface area contributed by atoms with Crippen molar-refractivity contribution in [1.29, 1.82) is 0 Å². The van der Waals surface area contributed by atoms with Crippen molar-refractivity contribution in [2.75, 3.05) is 37.0 Å². The smallest absolute Gasteiger partial charge is 0.137 e. The fraction of sp³-hybridized carbons (Fsp3) is 0.714. The van der Waals surface area contributed by atoms with E-state index in [1.54, 1.807) is 0 Å². The number of anilines is 2. The minimum atomic E-state index is 0.253. The fourth-order valence-corrected chi connectivity index (χ4v) is 2.34. The molecule has 106 valence electrons. The quantitative estimate of drug-likeness (QED) is 0.906. The van der Waals surface area contributed by atoms with Crippen LogP contribution in [0, 0.1) is 6.92 Å². The Morgan fingerprint density at radius 2 is 2.11 bits per heavy atom. The molecule has 0 bridgehead atoms. The molecule has 1 aliphatic heterocycles. The largest absolute Gasteiger partial charge is 0.375 e. The maximum absolute atomic E-state index is 5.60. The van der Waals surface area contributed by atoms with Crippen LogP contribution in [0.5, 0.6) is 0 Å². The van der Waals surface area contributed by atoms with Crippen LogP contribution in [-0.2, 0) is 4.74 Å². The van der Waals surface area contributed by atoms with Crippen molar-refractivity contribution in [2.45, 2.75) is 39.7 Å². The number of hydrogen-bond donors (Lipinski definition) is 1. The van der Waals surface area contributed by atoms with Crippen LogP contribution < -0.4 is 10.2 Å². The molecule has 2 rings (SSSR count). The normalized spacial score (nSPS) is 19.9. The Labute approximate surface area is 115 Å². The summed E-state index contributed by atoms with van der Waals surface area (Å²) in [4.78, 5) is 11.6. The zero-order valence-electron chi connectivity index (χ0n) is 12.5. The molecule has 1 saturated heterocycles. The summed E-state index contributed by atoms with van der Waals surface area (Å²) in [7, 11) is 1.91. The van der Waals surface area contributed by atoms with E-state index < -0.39 is 0 Å². The van der Waals surface area contributed by atoms with Gasteiger partial charge in [0.1, 0.15) is 17.5 Å². The minimum Gasteiger partial charge on any atom is -0.375 e. The van der Waals surface area contributed by atoms with E-state index in [2.05, 4.69) is 42.9 Å². The number of aromatic nitrogens is 2. The molecule has 1 unspecified atom stereocenters. The van der Waals surface area contributed by atoms with E-state index in [0.717, 1.165) is 42.7 Å². The second-order valence-corrected chi connectivity index (χ2v) is 5.41. The molecule has 0 amide bonds. The van der Waals surface area contributed by atoms with Gasteiger partial charge in [-0.25, -0.2) is 9.97 Å². The Kier molecular flexibility index (Phi) is 4.24. The van der Waals surface area contributed by atoms with Crippen molar-refractivity contribution in [1.82, 2.24) is 9.97 Å². The molecular formula is C14H24N4O. The summed E-state index contributed by atoms with van der Waals surface area (Å²) in [5.41, 5.74) is 1.11. The first-order valence-corrected chi connectivity index (χ1v) is 6.95. The summed E-state index contributed by atoms with van der Waals surface area (Å²) in [5.74, 6) is 3.18. The van der Waals surface area contributed by atoms with Crippen LogP contribution in [0.4, 0.5) is 11.6 Å². The molecule has 1 aromatic rings. The molecule has 1 aromatic heterocycles. The van der Waals surface area contributed by atoms with Gasteiger partial charge in [-0.2, -0.15) is 0 Å². The second-order valence-electron chi connectivity index (χ2n) is 5.41. The van der Waals surface area contributed by atoms with Gasteiger partial charge >= 0.3 is 0 Å². The van der Waals surface area contributed by atoms with Crippen LogP contribution in [0.2, 0.25) is 0 Å². The van der Waals surface area contributed by atoms with Crippen LogP contribution in [0.15, 0.2) is 0 Å². The lowest BCUT2D eigenvalue weighted by molar-refractivity contribution is 0.0529. The Morgan fingerprint density at radius 3 is 2.68 bits per heavy atom. The molecule has 2 heterocycles. The van der Waals surface area contributed by atoms with Gasteiger partial charge in [-0.3, -0.25) is 0 Å². The average molecular weight is 264 g/mol. The molecule has 5 heteroatoms. The summed E-state index contributed by atoms with van der Waals surface area (Å²) in [6.07, 6.45) is 0.253. The van der Waals surface area contributed by atoms with Crippen molar-refractivity contribution in [2.24, 2.45) is 0 Å². The Hall–Kier alpha value is -1.36. The van der Waals surface area contributed by atoms with Gasteiger partial charge in [0, 0.05) is 31.6 Å². The molecule has 5 nitrogen and oxygen atoms in total. The lowest BCUT2D eigenvalue weighted by atomic mass is 10.2. The van der Waals surface area contributed by atoms with Gasteiger partial charge in [0.15, 0.2) is 0 Å². The average Bonchev–Trinajstić information content (AvgIpc) is 2.38. The highest BCUT2D eigenvalue weighted by molar-refractivity contribution is 5.58. The van der Waals surface area contributed by atoms with Gasteiger partial charge in [0.05, 0.1) is 12.7 Å². The predicted octanol–water partition coefficient (Wildman–Crippen LogP) is 2.18. The summed E-state index contributed by atoms with van der Waals surface area (Å²) in [6, 6.07) is 0. The van der Waals surface area contributed by atoms with Gasteiger partial charge in [-0.05, 0) is 13.8 Å². The Morgan fingerprint density at radius 1 is 1.37 bits per heavy atom. The Bertz CT molecular complexity index is 447. The molecule has 1 N–H and O–H groups in total. The van der Waals surface area contributed by atoms with Gasteiger partial charge in [0.2, 0.25) is 0 Å². The number of nitrogens with one attached hydrogen (secondary N) is 1. The molecule has 0 aromatic carbocycles. The Balaban J connectivity index is 2.39. The third-order valence-corrected chi connectivity index (χ3v) is 3.43. The van der Waals surface area contributed by atoms with Gasteiger partial charge < -0.3 is 15.0 Å². The first-order chi connectivity index (χ1) is 9.02. The third-order valence-electron chi connectivity index (χ3n) is 3.43. The fourth-order valence-electron chi connectivity index (χ4n) is 2.34. The number of ether oxygens (including phenoxy) is 1. The van der Waals surface area contributed by atoms with Gasteiger partial charge in [0.25, 0.3) is 0 Å². The molecule has 0 aliphatic carbocycles. The topological polar surface area (TPSA) is 50.3 Å². The van der Waals surface area contributed by atoms with E-state index in [-0.39, 0.29) is 6.10 Å². The van der Waals surface area contributed by atoms with Gasteiger partial charge in [-0.1, -0.05) is 13.8 Å². The SMILES string of the molecule is CNc1nc(C(C)C)nc(N2CCOC(C)C2)c1C. The summed E-state index contributed by atoms with van der Waals surface area (Å²) < 4.78 is 5.60. The predicted molar refractivity (Wildman–Crippen MR) is 78.0 cm³/mol. The monoisotopic (exact) mass is 264 g/mol. The number of hydrogen-bond acceptors (Lipinski definition) is 5. The standard InChI is InChI=1S/C14H24N4O/c1-9(2)12-16-13(15-5)11(4)14(17-12)18-6-7-19-10(3)8-18/h9-10H,6-8H2,1-5H3,(H,15,16,17). The summed E-state index contributed by atoms with van der Waals surface area (Å²) in [6.45, 7) is 11.0. The number of morpholine rings is 1. The second kappa shape index (κ2) is 5.74. The molecular weight excluding hydrogens is 240 g/mol. The lowest BCUT2D eigenvalue weighted by Crippen LogP contribution is -2.42. The molecule has 1 aliphatic rings. The van der Waals surface area contributed by atoms with Crippen molar-refractivity contribution in [3.63, 3.8) is 0 Å². The van der Waals surface area contributed by atoms with E-state index in [4.69, 9.17) is 9.72 Å². The number of rotatable bonds is 3. The third kappa shape index (κ3) is 2.97. The zero-order chi connectivity index (χ0) is 14.0. The van der Waals surface area contributed by atoms with Crippen molar-refractivity contribution in [3.05, 3.63) is 11.4 Å². The van der Waals surface area contributed by atoms with E-state index in [1.807, 2.05) is 7.05 Å². The molecule has 1 fully saturated rings. The van der Waals surface area contributed by atoms with Crippen molar-refractivity contribution in [3.8, 4) is 0 Å². The zero-order valence-corrected chi connectivity index (χ0v) is 12.5.